The van der Waals surface area contributed by atoms with E-state index in [0.717, 1.165) is 57.8 Å². The Kier molecular flexibility index (Phi) is 39.3. The molecule has 0 aliphatic heterocycles. The zero-order valence-electron chi connectivity index (χ0n) is 34.0. The Morgan fingerprint density at radius 1 is 0.604 bits per heavy atom. The van der Waals surface area contributed by atoms with Crippen LogP contribution in [0.15, 0.2) is 36.5 Å². The summed E-state index contributed by atoms with van der Waals surface area (Å²) in [4.78, 5) is 22.5. The van der Waals surface area contributed by atoms with Gasteiger partial charge >= 0.3 is 13.8 Å². The van der Waals surface area contributed by atoms with Gasteiger partial charge in [0.2, 0.25) is 0 Å². The first-order chi connectivity index (χ1) is 25.8. The average Bonchev–Trinajstić information content (AvgIpc) is 3.15. The number of carbonyl (C=O) groups excluding carboxylic acids is 1. The lowest BCUT2D eigenvalue weighted by Crippen LogP contribution is -2.29. The van der Waals surface area contributed by atoms with Crippen LogP contribution in [0.5, 0.6) is 0 Å². The molecule has 10 heteroatoms. The van der Waals surface area contributed by atoms with E-state index < -0.39 is 39.2 Å². The average molecular weight is 773 g/mol. The molecule has 0 aromatic heterocycles. The number of rotatable bonds is 41. The lowest BCUT2D eigenvalue weighted by Gasteiger charge is -2.20. The molecule has 0 bridgehead atoms. The first kappa shape index (κ1) is 51.7. The maximum Gasteiger partial charge on any atom is 0.472 e. The van der Waals surface area contributed by atoms with Crippen molar-refractivity contribution in [3.8, 4) is 0 Å². The fourth-order valence-corrected chi connectivity index (χ4v) is 6.63. The molecule has 0 fully saturated rings. The van der Waals surface area contributed by atoms with Gasteiger partial charge in [0.25, 0.3) is 0 Å². The van der Waals surface area contributed by atoms with Crippen molar-refractivity contribution < 1.29 is 43.0 Å². The van der Waals surface area contributed by atoms with Crippen LogP contribution in [0.2, 0.25) is 0 Å². The third-order valence-electron chi connectivity index (χ3n) is 9.09. The normalized spacial score (nSPS) is 14.4. The molecule has 3 unspecified atom stereocenters. The summed E-state index contributed by atoms with van der Waals surface area (Å²) in [6, 6.07) is 0. The summed E-state index contributed by atoms with van der Waals surface area (Å²) in [7, 11) is -4.52. The van der Waals surface area contributed by atoms with Crippen molar-refractivity contribution >= 4 is 13.8 Å². The number of allylic oxidation sites excluding steroid dienone is 6. The Balaban J connectivity index is 4.14. The van der Waals surface area contributed by atoms with E-state index in [1.165, 1.54) is 103 Å². The number of hydrogen-bond acceptors (Lipinski definition) is 8. The molecule has 0 aliphatic rings. The Morgan fingerprint density at radius 2 is 1.08 bits per heavy atom. The molecule has 53 heavy (non-hydrogen) atoms. The summed E-state index contributed by atoms with van der Waals surface area (Å²) in [5, 5.41) is 18.3. The molecular formula is C43H81O9P. The van der Waals surface area contributed by atoms with E-state index in [2.05, 4.69) is 50.3 Å². The molecular weight excluding hydrogens is 691 g/mol. The predicted octanol–water partition coefficient (Wildman–Crippen LogP) is 11.6. The molecule has 0 saturated carbocycles. The summed E-state index contributed by atoms with van der Waals surface area (Å²) in [6.45, 7) is 3.38. The molecule has 0 spiro atoms. The second-order valence-electron chi connectivity index (χ2n) is 14.3. The number of unbranched alkanes of at least 4 members (excludes halogenated alkanes) is 21. The van der Waals surface area contributed by atoms with Crippen LogP contribution in [0.4, 0.5) is 0 Å². The number of carbonyl (C=O) groups is 1. The summed E-state index contributed by atoms with van der Waals surface area (Å²) in [5.74, 6) is -0.409. The highest BCUT2D eigenvalue weighted by molar-refractivity contribution is 7.47. The molecule has 312 valence electrons. The zero-order valence-corrected chi connectivity index (χ0v) is 34.9. The van der Waals surface area contributed by atoms with Gasteiger partial charge in [0.1, 0.15) is 12.2 Å². The highest BCUT2D eigenvalue weighted by Crippen LogP contribution is 2.43. The van der Waals surface area contributed by atoms with Crippen molar-refractivity contribution in [3.63, 3.8) is 0 Å². The standard InChI is InChI=1S/C43H81O9P/c1-3-5-7-9-11-13-15-17-18-19-20-21-22-24-26-28-30-32-34-36-49-39-42(40-51-53(47,48)50-38-41(45)37-44)52-43(46)35-33-31-29-27-25-23-16-14-12-10-8-6-4-2/h6,8,12,14,23,25,41-42,44-45H,3-5,7,9-11,13,15-22,24,26-40H2,1-2H3,(H,47,48)/b8-6-,14-12-,25-23-. The van der Waals surface area contributed by atoms with Crippen molar-refractivity contribution in [2.75, 3.05) is 33.0 Å². The number of ether oxygens (including phenoxy) is 2. The second-order valence-corrected chi connectivity index (χ2v) is 15.8. The molecule has 0 heterocycles. The SMILES string of the molecule is CC/C=C\C/C=C\C/C=C\CCCCCC(=O)OC(COCCCCCCCCCCCCCCCCCCCCC)COP(=O)(O)OCC(O)CO. The van der Waals surface area contributed by atoms with E-state index in [1.54, 1.807) is 0 Å². The Bertz CT molecular complexity index is 923. The molecule has 3 atom stereocenters. The van der Waals surface area contributed by atoms with Crippen molar-refractivity contribution in [3.05, 3.63) is 36.5 Å². The Hall–Kier alpha value is -1.32. The minimum absolute atomic E-state index is 0.0399. The topological polar surface area (TPSA) is 132 Å². The number of aliphatic hydroxyl groups is 2. The van der Waals surface area contributed by atoms with Crippen LogP contribution in [0, 0.1) is 0 Å². The number of hydrogen-bond donors (Lipinski definition) is 3. The van der Waals surface area contributed by atoms with Crippen molar-refractivity contribution in [2.45, 2.75) is 199 Å². The van der Waals surface area contributed by atoms with Crippen LogP contribution in [-0.4, -0.2) is 66.3 Å². The maximum atomic E-state index is 12.6. The first-order valence-electron chi connectivity index (χ1n) is 21.5. The molecule has 0 radical (unpaired) electrons. The van der Waals surface area contributed by atoms with Gasteiger partial charge in [-0.15, -0.1) is 0 Å². The molecule has 9 nitrogen and oxygen atoms in total. The van der Waals surface area contributed by atoms with E-state index in [0.29, 0.717) is 13.0 Å². The molecule has 0 aromatic rings. The van der Waals surface area contributed by atoms with Crippen molar-refractivity contribution in [2.24, 2.45) is 0 Å². The minimum atomic E-state index is -4.52. The van der Waals surface area contributed by atoms with Gasteiger partial charge in [0.05, 0.1) is 26.4 Å². The zero-order chi connectivity index (χ0) is 38.9. The smallest absolute Gasteiger partial charge is 0.457 e. The van der Waals surface area contributed by atoms with Gasteiger partial charge in [-0.05, 0) is 44.9 Å². The van der Waals surface area contributed by atoms with Crippen LogP contribution in [0.1, 0.15) is 187 Å². The van der Waals surface area contributed by atoms with Gasteiger partial charge in [0, 0.05) is 13.0 Å². The van der Waals surface area contributed by atoms with Crippen molar-refractivity contribution in [1.29, 1.82) is 0 Å². The van der Waals surface area contributed by atoms with Gasteiger partial charge < -0.3 is 24.6 Å². The summed E-state index contributed by atoms with van der Waals surface area (Å²) in [5.41, 5.74) is 0. The summed E-state index contributed by atoms with van der Waals surface area (Å²) in [6.07, 6.45) is 42.5. The van der Waals surface area contributed by atoms with E-state index in [1.807, 2.05) is 0 Å². The fourth-order valence-electron chi connectivity index (χ4n) is 5.84. The molecule has 0 amide bonds. The molecule has 0 aliphatic carbocycles. The quantitative estimate of drug-likeness (QED) is 0.0240. The third-order valence-corrected chi connectivity index (χ3v) is 10.0. The van der Waals surface area contributed by atoms with E-state index >= 15 is 0 Å². The third kappa shape index (κ3) is 40.2. The van der Waals surface area contributed by atoms with Gasteiger partial charge in [0.15, 0.2) is 0 Å². The fraction of sp³-hybridized carbons (Fsp3) is 0.837. The van der Waals surface area contributed by atoms with Crippen molar-refractivity contribution in [1.82, 2.24) is 0 Å². The lowest BCUT2D eigenvalue weighted by molar-refractivity contribution is -0.154. The monoisotopic (exact) mass is 773 g/mol. The second kappa shape index (κ2) is 40.3. The Morgan fingerprint density at radius 3 is 1.60 bits per heavy atom. The molecule has 0 saturated heterocycles. The highest BCUT2D eigenvalue weighted by atomic mass is 31.2. The van der Waals surface area contributed by atoms with Gasteiger partial charge in [-0.25, -0.2) is 4.57 Å². The lowest BCUT2D eigenvalue weighted by atomic mass is 10.0. The van der Waals surface area contributed by atoms with E-state index in [4.69, 9.17) is 23.6 Å². The van der Waals surface area contributed by atoms with Crippen LogP contribution >= 0.6 is 7.82 Å². The number of phosphoric acid groups is 1. The molecule has 3 N–H and O–H groups in total. The number of esters is 1. The van der Waals surface area contributed by atoms with Crippen LogP contribution in [0.3, 0.4) is 0 Å². The first-order valence-corrected chi connectivity index (χ1v) is 23.0. The van der Waals surface area contributed by atoms with Crippen LogP contribution in [-0.2, 0) is 27.9 Å². The van der Waals surface area contributed by atoms with Crippen LogP contribution in [0.25, 0.3) is 0 Å². The molecule has 0 rings (SSSR count). The van der Waals surface area contributed by atoms with E-state index in [-0.39, 0.29) is 19.6 Å². The summed E-state index contributed by atoms with van der Waals surface area (Å²) >= 11 is 0. The van der Waals surface area contributed by atoms with E-state index in [9.17, 15) is 19.4 Å². The predicted molar refractivity (Wildman–Crippen MR) is 219 cm³/mol. The Labute approximate surface area is 325 Å². The minimum Gasteiger partial charge on any atom is -0.457 e. The van der Waals surface area contributed by atoms with Gasteiger partial charge in [-0.3, -0.25) is 13.8 Å². The van der Waals surface area contributed by atoms with Gasteiger partial charge in [-0.2, -0.15) is 0 Å². The maximum absolute atomic E-state index is 12.6. The van der Waals surface area contributed by atoms with Crippen LogP contribution < -0.4 is 0 Å². The number of aliphatic hydroxyl groups excluding tert-OH is 2. The summed E-state index contributed by atoms with van der Waals surface area (Å²) < 4.78 is 33.3. The van der Waals surface area contributed by atoms with Gasteiger partial charge in [-0.1, -0.05) is 172 Å². The molecule has 0 aromatic carbocycles. The highest BCUT2D eigenvalue weighted by Gasteiger charge is 2.26. The largest absolute Gasteiger partial charge is 0.472 e. The number of phosphoric ester groups is 1.